The third-order valence-electron chi connectivity index (χ3n) is 3.16. The molecule has 0 aliphatic carbocycles. The summed E-state index contributed by atoms with van der Waals surface area (Å²) in [5, 5.41) is 5.20. The fourth-order valence-electron chi connectivity index (χ4n) is 2.24. The average Bonchev–Trinajstić information content (AvgIpc) is 2.88. The van der Waals surface area contributed by atoms with E-state index in [1.54, 1.807) is 17.8 Å². The lowest BCUT2D eigenvalue weighted by atomic mass is 10.2. The van der Waals surface area contributed by atoms with E-state index in [9.17, 15) is 4.79 Å². The largest absolute Gasteiger partial charge is 0.461 e. The van der Waals surface area contributed by atoms with Gasteiger partial charge in [0.05, 0.1) is 24.4 Å². The van der Waals surface area contributed by atoms with Gasteiger partial charge in [-0.25, -0.2) is 4.79 Å². The molecule has 0 saturated heterocycles. The van der Waals surface area contributed by atoms with Gasteiger partial charge in [0.25, 0.3) is 0 Å². The van der Waals surface area contributed by atoms with E-state index in [1.807, 2.05) is 42.5 Å². The number of nitrogens with zero attached hydrogens (tertiary/aromatic N) is 3. The molecular formula is C16H15N3O2. The lowest BCUT2D eigenvalue weighted by Gasteiger charge is -2.02. The predicted molar refractivity (Wildman–Crippen MR) is 79.0 cm³/mol. The Morgan fingerprint density at radius 3 is 2.76 bits per heavy atom. The Bertz CT molecular complexity index is 766. The Labute approximate surface area is 122 Å². The number of ether oxygens (including phenoxy) is 1. The number of esters is 1. The predicted octanol–water partition coefficient (Wildman–Crippen LogP) is 2.66. The zero-order valence-corrected chi connectivity index (χ0v) is 11.7. The van der Waals surface area contributed by atoms with Crippen LogP contribution >= 0.6 is 0 Å². The van der Waals surface area contributed by atoms with Gasteiger partial charge in [0.15, 0.2) is 5.69 Å². The maximum Gasteiger partial charge on any atom is 0.359 e. The third kappa shape index (κ3) is 2.63. The molecule has 0 aliphatic rings. The van der Waals surface area contributed by atoms with Crippen LogP contribution in [0, 0.1) is 0 Å². The summed E-state index contributed by atoms with van der Waals surface area (Å²) < 4.78 is 6.85. The summed E-state index contributed by atoms with van der Waals surface area (Å²) >= 11 is 0. The van der Waals surface area contributed by atoms with Crippen molar-refractivity contribution in [1.29, 1.82) is 0 Å². The normalized spacial score (nSPS) is 10.7. The molecule has 0 spiro atoms. The molecule has 1 aromatic carbocycles. The SMILES string of the molecule is CCOC(=O)c1nn(Cc2ccccn2)c2ccccc12. The molecule has 0 saturated carbocycles. The van der Waals surface area contributed by atoms with E-state index in [0.717, 1.165) is 16.6 Å². The highest BCUT2D eigenvalue weighted by Gasteiger charge is 2.18. The van der Waals surface area contributed by atoms with Gasteiger partial charge >= 0.3 is 5.97 Å². The first-order valence-electron chi connectivity index (χ1n) is 6.82. The van der Waals surface area contributed by atoms with Crippen molar-refractivity contribution in [3.8, 4) is 0 Å². The first-order valence-corrected chi connectivity index (χ1v) is 6.82. The van der Waals surface area contributed by atoms with Gasteiger partial charge in [0.2, 0.25) is 0 Å². The maximum atomic E-state index is 12.0. The number of benzene rings is 1. The van der Waals surface area contributed by atoms with Crippen LogP contribution < -0.4 is 0 Å². The van der Waals surface area contributed by atoms with Crippen molar-refractivity contribution in [3.63, 3.8) is 0 Å². The number of fused-ring (bicyclic) bond motifs is 1. The van der Waals surface area contributed by atoms with Gasteiger partial charge in [-0.2, -0.15) is 5.10 Å². The van der Waals surface area contributed by atoms with Gasteiger partial charge in [-0.05, 0) is 25.1 Å². The molecule has 3 aromatic rings. The van der Waals surface area contributed by atoms with E-state index in [4.69, 9.17) is 4.74 Å². The third-order valence-corrected chi connectivity index (χ3v) is 3.16. The Morgan fingerprint density at radius 1 is 1.19 bits per heavy atom. The molecule has 2 heterocycles. The van der Waals surface area contributed by atoms with Crippen molar-refractivity contribution in [2.24, 2.45) is 0 Å². The summed E-state index contributed by atoms with van der Waals surface area (Å²) in [5.74, 6) is -0.395. The molecule has 0 radical (unpaired) electrons. The topological polar surface area (TPSA) is 57.0 Å². The monoisotopic (exact) mass is 281 g/mol. The number of pyridine rings is 1. The highest BCUT2D eigenvalue weighted by molar-refractivity contribution is 6.02. The molecule has 0 aliphatic heterocycles. The van der Waals surface area contributed by atoms with Crippen LogP contribution in [-0.2, 0) is 11.3 Å². The lowest BCUT2D eigenvalue weighted by molar-refractivity contribution is 0.0520. The first-order chi connectivity index (χ1) is 10.3. The van der Waals surface area contributed by atoms with Crippen LogP contribution in [0.15, 0.2) is 48.7 Å². The van der Waals surface area contributed by atoms with Crippen molar-refractivity contribution < 1.29 is 9.53 Å². The minimum atomic E-state index is -0.395. The molecule has 0 N–H and O–H groups in total. The number of carbonyl (C=O) groups is 1. The van der Waals surface area contributed by atoms with E-state index in [0.29, 0.717) is 18.8 Å². The number of aromatic nitrogens is 3. The van der Waals surface area contributed by atoms with Crippen LogP contribution in [-0.4, -0.2) is 27.3 Å². The highest BCUT2D eigenvalue weighted by Crippen LogP contribution is 2.20. The molecule has 0 atom stereocenters. The molecule has 0 bridgehead atoms. The number of hydrogen-bond donors (Lipinski definition) is 0. The van der Waals surface area contributed by atoms with Crippen LogP contribution in [0.4, 0.5) is 0 Å². The smallest absolute Gasteiger partial charge is 0.359 e. The summed E-state index contributed by atoms with van der Waals surface area (Å²) in [6.07, 6.45) is 1.74. The molecule has 5 nitrogen and oxygen atoms in total. The van der Waals surface area contributed by atoms with Crippen molar-refractivity contribution >= 4 is 16.9 Å². The van der Waals surface area contributed by atoms with Gasteiger partial charge in [0.1, 0.15) is 0 Å². The second-order valence-electron chi connectivity index (χ2n) is 4.56. The van der Waals surface area contributed by atoms with Crippen LogP contribution in [0.25, 0.3) is 10.9 Å². The van der Waals surface area contributed by atoms with Crippen molar-refractivity contribution in [2.45, 2.75) is 13.5 Å². The molecule has 0 unspecified atom stereocenters. The van der Waals surface area contributed by atoms with Gasteiger partial charge in [0, 0.05) is 11.6 Å². The molecule has 21 heavy (non-hydrogen) atoms. The molecule has 3 rings (SSSR count). The molecule has 0 fully saturated rings. The molecule has 106 valence electrons. The van der Waals surface area contributed by atoms with Crippen LogP contribution in [0.2, 0.25) is 0 Å². The summed E-state index contributed by atoms with van der Waals surface area (Å²) in [6, 6.07) is 13.4. The molecule has 5 heteroatoms. The zero-order chi connectivity index (χ0) is 14.7. The number of hydrogen-bond acceptors (Lipinski definition) is 4. The van der Waals surface area contributed by atoms with Crippen molar-refractivity contribution in [2.75, 3.05) is 6.61 Å². The second-order valence-corrected chi connectivity index (χ2v) is 4.56. The molecule has 0 amide bonds. The first kappa shape index (κ1) is 13.3. The minimum Gasteiger partial charge on any atom is -0.461 e. The van der Waals surface area contributed by atoms with E-state index < -0.39 is 5.97 Å². The summed E-state index contributed by atoms with van der Waals surface area (Å²) in [4.78, 5) is 16.3. The quantitative estimate of drug-likeness (QED) is 0.690. The Kier molecular flexibility index (Phi) is 3.64. The summed E-state index contributed by atoms with van der Waals surface area (Å²) in [7, 11) is 0. The minimum absolute atomic E-state index is 0.334. The molecular weight excluding hydrogens is 266 g/mol. The number of para-hydroxylation sites is 1. The van der Waals surface area contributed by atoms with E-state index in [-0.39, 0.29) is 0 Å². The van der Waals surface area contributed by atoms with Crippen LogP contribution in [0.1, 0.15) is 23.1 Å². The molecule has 2 aromatic heterocycles. The van der Waals surface area contributed by atoms with E-state index >= 15 is 0 Å². The lowest BCUT2D eigenvalue weighted by Crippen LogP contribution is -2.08. The van der Waals surface area contributed by atoms with E-state index in [1.165, 1.54) is 0 Å². The van der Waals surface area contributed by atoms with Crippen molar-refractivity contribution in [3.05, 3.63) is 60.0 Å². The zero-order valence-electron chi connectivity index (χ0n) is 11.7. The van der Waals surface area contributed by atoms with Gasteiger partial charge in [-0.15, -0.1) is 0 Å². The van der Waals surface area contributed by atoms with Gasteiger partial charge in [-0.3, -0.25) is 9.67 Å². The fraction of sp³-hybridized carbons (Fsp3) is 0.188. The Balaban J connectivity index is 2.05. The average molecular weight is 281 g/mol. The highest BCUT2D eigenvalue weighted by atomic mass is 16.5. The van der Waals surface area contributed by atoms with Crippen LogP contribution in [0.5, 0.6) is 0 Å². The van der Waals surface area contributed by atoms with Crippen molar-refractivity contribution in [1.82, 2.24) is 14.8 Å². The Hall–Kier alpha value is -2.69. The van der Waals surface area contributed by atoms with Crippen LogP contribution in [0.3, 0.4) is 0 Å². The summed E-state index contributed by atoms with van der Waals surface area (Å²) in [5.41, 5.74) is 2.13. The van der Waals surface area contributed by atoms with E-state index in [2.05, 4.69) is 10.1 Å². The number of carbonyl (C=O) groups excluding carboxylic acids is 1. The van der Waals surface area contributed by atoms with Gasteiger partial charge < -0.3 is 4.74 Å². The standard InChI is InChI=1S/C16H15N3O2/c1-2-21-16(20)15-13-8-3-4-9-14(13)19(18-15)11-12-7-5-6-10-17-12/h3-10H,2,11H2,1H3. The maximum absolute atomic E-state index is 12.0. The Morgan fingerprint density at radius 2 is 2.00 bits per heavy atom. The summed E-state index contributed by atoms with van der Waals surface area (Å²) in [6.45, 7) is 2.63. The fourth-order valence-corrected chi connectivity index (χ4v) is 2.24. The number of rotatable bonds is 4. The second kappa shape index (κ2) is 5.75. The van der Waals surface area contributed by atoms with Gasteiger partial charge in [-0.1, -0.05) is 24.3 Å².